The molecule has 3 aromatic rings. The normalized spacial score (nSPS) is 16.8. The number of hydrogen-bond donors (Lipinski definition) is 0. The molecule has 5 rings (SSSR count). The molecule has 10 heteroatoms. The summed E-state index contributed by atoms with van der Waals surface area (Å²) in [6.07, 6.45) is 4.23. The Hall–Kier alpha value is -4.08. The maximum absolute atomic E-state index is 13.9. The van der Waals surface area contributed by atoms with Gasteiger partial charge in [-0.2, -0.15) is 5.10 Å². The van der Waals surface area contributed by atoms with Gasteiger partial charge in [0, 0.05) is 45.2 Å². The zero-order valence-electron chi connectivity index (χ0n) is 23.6. The number of furan rings is 1. The van der Waals surface area contributed by atoms with Crippen LogP contribution in [0.25, 0.3) is 5.69 Å². The number of aryl methyl sites for hydroxylation is 1. The second kappa shape index (κ2) is 11.2. The van der Waals surface area contributed by atoms with Crippen molar-refractivity contribution in [3.05, 3.63) is 71.4 Å². The van der Waals surface area contributed by atoms with E-state index >= 15 is 0 Å². The van der Waals surface area contributed by atoms with E-state index in [0.717, 1.165) is 16.9 Å². The summed E-state index contributed by atoms with van der Waals surface area (Å²) in [5, 5.41) is 4.67. The molecule has 2 aromatic heterocycles. The Morgan fingerprint density at radius 3 is 2.08 bits per heavy atom. The number of carbonyl (C=O) groups is 3. The first kappa shape index (κ1) is 27.5. The molecule has 0 aliphatic carbocycles. The Morgan fingerprint density at radius 1 is 0.875 bits per heavy atom. The van der Waals surface area contributed by atoms with E-state index in [1.54, 1.807) is 33.0 Å². The fourth-order valence-corrected chi connectivity index (χ4v) is 5.31. The van der Waals surface area contributed by atoms with Crippen LogP contribution in [0.3, 0.4) is 0 Å². The van der Waals surface area contributed by atoms with E-state index in [1.165, 1.54) is 6.26 Å². The van der Waals surface area contributed by atoms with Gasteiger partial charge in [-0.15, -0.1) is 0 Å². The molecule has 1 aromatic carbocycles. The zero-order chi connectivity index (χ0) is 28.4. The standard InChI is InChI=1S/C30H37N5O5/c1-21-7-9-23(10-8-21)35-26(22-11-13-34(14-12-22)29(38)40-30(2,3)4)24(20-31-35)27(36)32-15-17-33(18-16-32)28(37)25-6-5-19-39-25/h5-10,19-20,22H,11-18H2,1-4H3. The third-order valence-corrected chi connectivity index (χ3v) is 7.43. The number of benzene rings is 1. The molecule has 0 radical (unpaired) electrons. The van der Waals surface area contributed by atoms with Crippen LogP contribution in [-0.4, -0.2) is 87.3 Å². The first-order valence-corrected chi connectivity index (χ1v) is 13.9. The van der Waals surface area contributed by atoms with Gasteiger partial charge in [-0.05, 0) is 64.8 Å². The van der Waals surface area contributed by atoms with Gasteiger partial charge in [0.05, 0.1) is 29.4 Å². The zero-order valence-corrected chi connectivity index (χ0v) is 23.6. The average Bonchev–Trinajstić information content (AvgIpc) is 3.63. The highest BCUT2D eigenvalue weighted by Gasteiger charge is 2.34. The van der Waals surface area contributed by atoms with Crippen LogP contribution in [0, 0.1) is 6.92 Å². The van der Waals surface area contributed by atoms with Crippen molar-refractivity contribution < 1.29 is 23.5 Å². The fraction of sp³-hybridized carbons (Fsp3) is 0.467. The van der Waals surface area contributed by atoms with Gasteiger partial charge in [-0.3, -0.25) is 9.59 Å². The predicted molar refractivity (Wildman–Crippen MR) is 149 cm³/mol. The van der Waals surface area contributed by atoms with Crippen molar-refractivity contribution in [1.29, 1.82) is 0 Å². The number of nitrogens with zero attached hydrogens (tertiary/aromatic N) is 5. The Bertz CT molecular complexity index is 1340. The van der Waals surface area contributed by atoms with Crippen LogP contribution in [0.1, 0.15) is 71.7 Å². The van der Waals surface area contributed by atoms with Crippen molar-refractivity contribution in [3.8, 4) is 5.69 Å². The third kappa shape index (κ3) is 5.90. The molecule has 3 amide bonds. The van der Waals surface area contributed by atoms with Gasteiger partial charge in [0.15, 0.2) is 5.76 Å². The SMILES string of the molecule is Cc1ccc(-n2ncc(C(=O)N3CCN(C(=O)c4ccco4)CC3)c2C2CCN(C(=O)OC(C)(C)C)CC2)cc1. The summed E-state index contributed by atoms with van der Waals surface area (Å²) in [5.74, 6) is 0.0946. The maximum Gasteiger partial charge on any atom is 0.410 e. The van der Waals surface area contributed by atoms with E-state index < -0.39 is 5.60 Å². The minimum absolute atomic E-state index is 0.0447. The number of amides is 3. The summed E-state index contributed by atoms with van der Waals surface area (Å²) >= 11 is 0. The van der Waals surface area contributed by atoms with Gasteiger partial charge in [-0.25, -0.2) is 9.48 Å². The van der Waals surface area contributed by atoms with Crippen LogP contribution in [0.4, 0.5) is 4.79 Å². The summed E-state index contributed by atoms with van der Waals surface area (Å²) in [4.78, 5) is 44.4. The second-order valence-electron chi connectivity index (χ2n) is 11.5. The molecule has 2 aliphatic heterocycles. The van der Waals surface area contributed by atoms with Crippen LogP contribution in [0.5, 0.6) is 0 Å². The quantitative estimate of drug-likeness (QED) is 0.477. The van der Waals surface area contributed by atoms with Gasteiger partial charge in [0.1, 0.15) is 5.60 Å². The van der Waals surface area contributed by atoms with Crippen molar-refractivity contribution in [2.45, 2.75) is 52.1 Å². The molecule has 0 saturated carbocycles. The molecule has 212 valence electrons. The van der Waals surface area contributed by atoms with E-state index in [0.29, 0.717) is 63.4 Å². The summed E-state index contributed by atoms with van der Waals surface area (Å²) in [6.45, 7) is 10.4. The highest BCUT2D eigenvalue weighted by Crippen LogP contribution is 2.33. The highest BCUT2D eigenvalue weighted by molar-refractivity contribution is 5.96. The van der Waals surface area contributed by atoms with Crippen molar-refractivity contribution in [3.63, 3.8) is 0 Å². The van der Waals surface area contributed by atoms with Crippen LogP contribution < -0.4 is 0 Å². The van der Waals surface area contributed by atoms with Crippen LogP contribution in [0.2, 0.25) is 0 Å². The number of likely N-dealkylation sites (tertiary alicyclic amines) is 1. The largest absolute Gasteiger partial charge is 0.459 e. The molecule has 2 aliphatic rings. The van der Waals surface area contributed by atoms with Gasteiger partial charge in [0.2, 0.25) is 0 Å². The first-order chi connectivity index (χ1) is 19.1. The lowest BCUT2D eigenvalue weighted by molar-refractivity contribution is 0.0202. The Kier molecular flexibility index (Phi) is 7.69. The molecule has 0 unspecified atom stereocenters. The molecule has 0 atom stereocenters. The van der Waals surface area contributed by atoms with E-state index in [1.807, 2.05) is 56.6 Å². The van der Waals surface area contributed by atoms with Crippen LogP contribution >= 0.6 is 0 Å². The molecule has 0 N–H and O–H groups in total. The molecule has 0 bridgehead atoms. The Morgan fingerprint density at radius 2 is 1.50 bits per heavy atom. The van der Waals surface area contributed by atoms with Crippen LogP contribution in [-0.2, 0) is 4.74 Å². The van der Waals surface area contributed by atoms with Gasteiger partial charge >= 0.3 is 6.09 Å². The molecular formula is C30H37N5O5. The van der Waals surface area contributed by atoms with Crippen molar-refractivity contribution in [2.75, 3.05) is 39.3 Å². The molecule has 10 nitrogen and oxygen atoms in total. The minimum atomic E-state index is -0.551. The van der Waals surface area contributed by atoms with E-state index in [9.17, 15) is 14.4 Å². The molecular weight excluding hydrogens is 510 g/mol. The first-order valence-electron chi connectivity index (χ1n) is 13.9. The van der Waals surface area contributed by atoms with Crippen LogP contribution in [0.15, 0.2) is 53.3 Å². The second-order valence-corrected chi connectivity index (χ2v) is 11.5. The summed E-state index contributed by atoms with van der Waals surface area (Å²) in [7, 11) is 0. The molecule has 2 saturated heterocycles. The Balaban J connectivity index is 1.35. The number of rotatable bonds is 4. The minimum Gasteiger partial charge on any atom is -0.459 e. The lowest BCUT2D eigenvalue weighted by Gasteiger charge is -2.35. The third-order valence-electron chi connectivity index (χ3n) is 7.43. The van der Waals surface area contributed by atoms with Crippen molar-refractivity contribution in [2.24, 2.45) is 0 Å². The monoisotopic (exact) mass is 547 g/mol. The molecule has 40 heavy (non-hydrogen) atoms. The van der Waals surface area contributed by atoms with Gasteiger partial charge in [-0.1, -0.05) is 17.7 Å². The lowest BCUT2D eigenvalue weighted by atomic mass is 9.90. The number of piperidine rings is 1. The van der Waals surface area contributed by atoms with E-state index in [2.05, 4.69) is 5.10 Å². The topological polar surface area (TPSA) is 101 Å². The fourth-order valence-electron chi connectivity index (χ4n) is 5.31. The van der Waals surface area contributed by atoms with Gasteiger partial charge < -0.3 is 23.9 Å². The molecule has 2 fully saturated rings. The van der Waals surface area contributed by atoms with Gasteiger partial charge in [0.25, 0.3) is 11.8 Å². The number of aromatic nitrogens is 2. The predicted octanol–water partition coefficient (Wildman–Crippen LogP) is 4.49. The molecule has 0 spiro atoms. The lowest BCUT2D eigenvalue weighted by Crippen LogP contribution is -2.50. The van der Waals surface area contributed by atoms with E-state index in [-0.39, 0.29) is 23.8 Å². The highest BCUT2D eigenvalue weighted by atomic mass is 16.6. The number of ether oxygens (including phenoxy) is 1. The molecule has 4 heterocycles. The maximum atomic E-state index is 13.9. The summed E-state index contributed by atoms with van der Waals surface area (Å²) < 4.78 is 12.7. The average molecular weight is 548 g/mol. The van der Waals surface area contributed by atoms with Crippen molar-refractivity contribution in [1.82, 2.24) is 24.5 Å². The Labute approximate surface area is 234 Å². The summed E-state index contributed by atoms with van der Waals surface area (Å²) in [6, 6.07) is 11.4. The number of carbonyl (C=O) groups excluding carboxylic acids is 3. The van der Waals surface area contributed by atoms with Crippen molar-refractivity contribution >= 4 is 17.9 Å². The van der Waals surface area contributed by atoms with E-state index in [4.69, 9.17) is 9.15 Å². The summed E-state index contributed by atoms with van der Waals surface area (Å²) in [5.41, 5.74) is 2.92. The number of piperazine rings is 1. The number of hydrogen-bond acceptors (Lipinski definition) is 6. The smallest absolute Gasteiger partial charge is 0.410 e.